The van der Waals surface area contributed by atoms with Gasteiger partial charge >= 0.3 is 0 Å². The lowest BCUT2D eigenvalue weighted by molar-refractivity contribution is 0.0357. The molecule has 0 atom stereocenters. The Bertz CT molecular complexity index is 1030. The van der Waals surface area contributed by atoms with Gasteiger partial charge in [-0.05, 0) is 40.5 Å². The molecule has 0 aliphatic carbocycles. The first-order valence-corrected chi connectivity index (χ1v) is 10.5. The molecule has 1 aliphatic heterocycles. The van der Waals surface area contributed by atoms with Crippen LogP contribution < -0.4 is 15.2 Å². The van der Waals surface area contributed by atoms with Crippen LogP contribution >= 0.6 is 15.9 Å². The molecule has 1 fully saturated rings. The van der Waals surface area contributed by atoms with Crippen molar-refractivity contribution in [2.45, 2.75) is 6.42 Å². The summed E-state index contributed by atoms with van der Waals surface area (Å²) < 4.78 is 31.7. The molecule has 1 aliphatic rings. The van der Waals surface area contributed by atoms with E-state index in [2.05, 4.69) is 30.8 Å². The van der Waals surface area contributed by atoms with Gasteiger partial charge in [-0.25, -0.2) is 9.37 Å². The molecule has 0 saturated carbocycles. The zero-order valence-electron chi connectivity index (χ0n) is 16.3. The lowest BCUT2D eigenvalue weighted by atomic mass is 10.2. The van der Waals surface area contributed by atoms with Crippen molar-refractivity contribution in [1.82, 2.24) is 14.9 Å². The molecule has 1 aromatic carbocycles. The van der Waals surface area contributed by atoms with E-state index in [1.165, 1.54) is 12.1 Å². The summed E-state index contributed by atoms with van der Waals surface area (Å²) in [5, 5.41) is 0.640. The second kappa shape index (κ2) is 9.55. The largest absolute Gasteiger partial charge is 0.477 e. The number of hydrogen-bond acceptors (Lipinski definition) is 7. The summed E-state index contributed by atoms with van der Waals surface area (Å²) in [7, 11) is 0. The van der Waals surface area contributed by atoms with Crippen molar-refractivity contribution >= 4 is 32.5 Å². The highest BCUT2D eigenvalue weighted by molar-refractivity contribution is 9.10. The number of aromatic nitrogens is 2. The van der Waals surface area contributed by atoms with Gasteiger partial charge in [0.2, 0.25) is 5.88 Å². The zero-order chi connectivity index (χ0) is 20.9. The van der Waals surface area contributed by atoms with Crippen molar-refractivity contribution in [3.8, 4) is 17.4 Å². The number of fused-ring (bicyclic) bond motifs is 1. The summed E-state index contributed by atoms with van der Waals surface area (Å²) in [4.78, 5) is 11.2. The quantitative estimate of drug-likeness (QED) is 0.407. The summed E-state index contributed by atoms with van der Waals surface area (Å²) in [6.45, 7) is 4.99. The van der Waals surface area contributed by atoms with E-state index in [-0.39, 0.29) is 5.75 Å². The first kappa shape index (κ1) is 20.8. The smallest absolute Gasteiger partial charge is 0.230 e. The van der Waals surface area contributed by atoms with E-state index in [4.69, 9.17) is 19.9 Å². The summed E-state index contributed by atoms with van der Waals surface area (Å²) in [6.07, 6.45) is 4.11. The van der Waals surface area contributed by atoms with Crippen LogP contribution in [0.15, 0.2) is 41.1 Å². The highest BCUT2D eigenvalue weighted by Crippen LogP contribution is 2.36. The molecule has 4 rings (SSSR count). The highest BCUT2D eigenvalue weighted by atomic mass is 79.9. The van der Waals surface area contributed by atoms with E-state index >= 15 is 0 Å². The minimum atomic E-state index is -0.535. The minimum absolute atomic E-state index is 0.0799. The molecular formula is C21H22BrFN4O3. The maximum atomic E-state index is 14.1. The summed E-state index contributed by atoms with van der Waals surface area (Å²) in [6, 6.07) is 5.95. The monoisotopic (exact) mass is 476 g/mol. The Morgan fingerprint density at radius 2 is 2.00 bits per heavy atom. The number of ether oxygens (including phenoxy) is 3. The fourth-order valence-corrected chi connectivity index (χ4v) is 3.76. The van der Waals surface area contributed by atoms with Gasteiger partial charge in [0.25, 0.3) is 0 Å². The Labute approximate surface area is 182 Å². The fourth-order valence-electron chi connectivity index (χ4n) is 3.23. The SMILES string of the molecule is Nc1ccc(Oc2ccnc3c(Br)c(OCCCN4CCOCC4)ncc23)c(F)c1. The molecule has 3 heterocycles. The molecule has 9 heteroatoms. The van der Waals surface area contributed by atoms with Crippen molar-refractivity contribution in [3.63, 3.8) is 0 Å². The van der Waals surface area contributed by atoms with Crippen molar-refractivity contribution in [2.24, 2.45) is 0 Å². The Balaban J connectivity index is 1.46. The van der Waals surface area contributed by atoms with E-state index in [0.29, 0.717) is 39.3 Å². The maximum absolute atomic E-state index is 14.1. The normalized spacial score (nSPS) is 14.7. The number of nitrogens with two attached hydrogens (primary N) is 1. The van der Waals surface area contributed by atoms with Crippen LogP contribution in [-0.4, -0.2) is 54.3 Å². The molecule has 0 radical (unpaired) electrons. The van der Waals surface area contributed by atoms with Gasteiger partial charge in [-0.3, -0.25) is 9.88 Å². The van der Waals surface area contributed by atoms with Gasteiger partial charge in [0.05, 0.1) is 30.7 Å². The van der Waals surface area contributed by atoms with E-state index < -0.39 is 5.82 Å². The Morgan fingerprint density at radius 1 is 1.17 bits per heavy atom. The minimum Gasteiger partial charge on any atom is -0.477 e. The second-order valence-corrected chi connectivity index (χ2v) is 7.69. The summed E-state index contributed by atoms with van der Waals surface area (Å²) in [5.74, 6) is 0.451. The molecule has 3 aromatic rings. The summed E-state index contributed by atoms with van der Waals surface area (Å²) in [5.41, 5.74) is 6.56. The molecule has 7 nitrogen and oxygen atoms in total. The van der Waals surface area contributed by atoms with Gasteiger partial charge in [0.1, 0.15) is 10.2 Å². The van der Waals surface area contributed by atoms with Gasteiger partial charge < -0.3 is 19.9 Å². The number of anilines is 1. The second-order valence-electron chi connectivity index (χ2n) is 6.90. The molecule has 2 N–H and O–H groups in total. The number of pyridine rings is 2. The topological polar surface area (TPSA) is 82.7 Å². The fraction of sp³-hybridized carbons (Fsp3) is 0.333. The third-order valence-electron chi connectivity index (χ3n) is 4.79. The Kier molecular flexibility index (Phi) is 6.61. The molecule has 0 unspecified atom stereocenters. The highest BCUT2D eigenvalue weighted by Gasteiger charge is 2.15. The van der Waals surface area contributed by atoms with Crippen LogP contribution in [0.2, 0.25) is 0 Å². The third-order valence-corrected chi connectivity index (χ3v) is 5.51. The Morgan fingerprint density at radius 3 is 2.80 bits per heavy atom. The van der Waals surface area contributed by atoms with E-state index in [1.54, 1.807) is 24.5 Å². The lowest BCUT2D eigenvalue weighted by Gasteiger charge is -2.26. The maximum Gasteiger partial charge on any atom is 0.230 e. The molecular weight excluding hydrogens is 455 g/mol. The number of nitrogen functional groups attached to an aromatic ring is 1. The number of morpholine rings is 1. The van der Waals surface area contributed by atoms with Gasteiger partial charge in [0, 0.05) is 43.8 Å². The predicted molar refractivity (Wildman–Crippen MR) is 115 cm³/mol. The molecule has 1 saturated heterocycles. The third kappa shape index (κ3) is 4.80. The average molecular weight is 477 g/mol. The number of hydrogen-bond donors (Lipinski definition) is 1. The van der Waals surface area contributed by atoms with Crippen LogP contribution in [0.25, 0.3) is 10.9 Å². The van der Waals surface area contributed by atoms with Crippen LogP contribution in [0.1, 0.15) is 6.42 Å². The number of nitrogens with zero attached hydrogens (tertiary/aromatic N) is 3. The first-order valence-electron chi connectivity index (χ1n) is 9.71. The van der Waals surface area contributed by atoms with Gasteiger partial charge in [-0.15, -0.1) is 0 Å². The van der Waals surface area contributed by atoms with Crippen LogP contribution in [0.4, 0.5) is 10.1 Å². The molecule has 0 amide bonds. The first-order chi connectivity index (χ1) is 14.6. The zero-order valence-corrected chi connectivity index (χ0v) is 17.9. The Hall–Kier alpha value is -2.49. The molecule has 158 valence electrons. The molecule has 0 spiro atoms. The number of benzene rings is 1. The van der Waals surface area contributed by atoms with Gasteiger partial charge in [0.15, 0.2) is 11.6 Å². The van der Waals surface area contributed by atoms with E-state index in [0.717, 1.165) is 39.3 Å². The van der Waals surface area contributed by atoms with Gasteiger partial charge in [-0.1, -0.05) is 0 Å². The average Bonchev–Trinajstić information content (AvgIpc) is 2.75. The molecule has 30 heavy (non-hydrogen) atoms. The molecule has 0 bridgehead atoms. The predicted octanol–water partition coefficient (Wildman–Crippen LogP) is 4.01. The van der Waals surface area contributed by atoms with E-state index in [1.807, 2.05) is 0 Å². The molecule has 2 aromatic heterocycles. The number of rotatable bonds is 7. The van der Waals surface area contributed by atoms with Crippen molar-refractivity contribution in [2.75, 3.05) is 45.2 Å². The van der Waals surface area contributed by atoms with Crippen molar-refractivity contribution < 1.29 is 18.6 Å². The number of halogens is 2. The van der Waals surface area contributed by atoms with E-state index in [9.17, 15) is 4.39 Å². The van der Waals surface area contributed by atoms with Crippen LogP contribution in [0.3, 0.4) is 0 Å². The van der Waals surface area contributed by atoms with Crippen molar-refractivity contribution in [3.05, 3.63) is 46.9 Å². The van der Waals surface area contributed by atoms with Crippen LogP contribution in [-0.2, 0) is 4.74 Å². The van der Waals surface area contributed by atoms with Crippen LogP contribution in [0, 0.1) is 5.82 Å². The lowest BCUT2D eigenvalue weighted by Crippen LogP contribution is -2.37. The van der Waals surface area contributed by atoms with Gasteiger partial charge in [-0.2, -0.15) is 0 Å². The standard InChI is InChI=1S/C21H22BrFN4O3/c22-19-20-15(13-26-21(19)29-9-1-6-27-7-10-28-11-8-27)17(4-5-25-20)30-18-3-2-14(24)12-16(18)23/h2-5,12-13H,1,6-11,24H2. The van der Waals surface area contributed by atoms with Crippen LogP contribution in [0.5, 0.6) is 17.4 Å². The van der Waals surface area contributed by atoms with Crippen molar-refractivity contribution in [1.29, 1.82) is 0 Å². The summed E-state index contributed by atoms with van der Waals surface area (Å²) >= 11 is 3.53.